The number of carbonyl (C=O) groups is 1. The molecule has 94 valence electrons. The lowest BCUT2D eigenvalue weighted by Gasteiger charge is -2.06. The van der Waals surface area contributed by atoms with Gasteiger partial charge in [0.25, 0.3) is 5.91 Å². The van der Waals surface area contributed by atoms with Crippen molar-refractivity contribution in [3.8, 4) is 11.8 Å². The van der Waals surface area contributed by atoms with E-state index < -0.39 is 5.91 Å². The maximum atomic E-state index is 11.9. The summed E-state index contributed by atoms with van der Waals surface area (Å²) in [6.45, 7) is 0. The molecule has 0 fully saturated rings. The van der Waals surface area contributed by atoms with Crippen LogP contribution in [0.5, 0.6) is 5.75 Å². The minimum Gasteiger partial charge on any atom is -0.507 e. The maximum Gasteiger partial charge on any atom is 0.260 e. The lowest BCUT2D eigenvalue weighted by Crippen LogP contribution is -2.13. The average Bonchev–Trinajstić information content (AvgIpc) is 2.42. The van der Waals surface area contributed by atoms with E-state index in [1.54, 1.807) is 0 Å². The predicted molar refractivity (Wildman–Crippen MR) is 67.8 cm³/mol. The van der Waals surface area contributed by atoms with E-state index in [2.05, 4.69) is 15.3 Å². The van der Waals surface area contributed by atoms with Crippen LogP contribution in [-0.2, 0) is 0 Å². The molecule has 2 aromatic rings. The van der Waals surface area contributed by atoms with Crippen LogP contribution in [0.3, 0.4) is 0 Å². The monoisotopic (exact) mass is 274 g/mol. The molecule has 1 aromatic heterocycles. The second-order valence-electron chi connectivity index (χ2n) is 3.51. The summed E-state index contributed by atoms with van der Waals surface area (Å²) < 4.78 is 0. The van der Waals surface area contributed by atoms with Crippen LogP contribution >= 0.6 is 11.6 Å². The van der Waals surface area contributed by atoms with Crippen molar-refractivity contribution in [3.05, 3.63) is 46.9 Å². The fraction of sp³-hybridized carbons (Fsp3) is 0. The minimum atomic E-state index is -0.570. The number of anilines is 1. The van der Waals surface area contributed by atoms with Crippen molar-refractivity contribution in [3.63, 3.8) is 0 Å². The molecule has 0 aliphatic rings. The van der Waals surface area contributed by atoms with Crippen LogP contribution in [0.1, 0.15) is 16.1 Å². The summed E-state index contributed by atoms with van der Waals surface area (Å²) in [5, 5.41) is 20.9. The molecule has 1 heterocycles. The largest absolute Gasteiger partial charge is 0.507 e. The maximum absolute atomic E-state index is 11.9. The topological polar surface area (TPSA) is 98.9 Å². The zero-order valence-electron chi connectivity index (χ0n) is 9.46. The molecule has 0 unspecified atom stereocenters. The van der Waals surface area contributed by atoms with Gasteiger partial charge >= 0.3 is 0 Å². The summed E-state index contributed by atoms with van der Waals surface area (Å²) in [7, 11) is 0. The summed E-state index contributed by atoms with van der Waals surface area (Å²) in [5.41, 5.74) is 0.169. The van der Waals surface area contributed by atoms with E-state index in [1.807, 2.05) is 6.07 Å². The number of amides is 1. The van der Waals surface area contributed by atoms with Crippen molar-refractivity contribution >= 4 is 23.3 Å². The molecule has 0 radical (unpaired) electrons. The number of nitriles is 1. The summed E-state index contributed by atoms with van der Waals surface area (Å²) >= 11 is 5.75. The van der Waals surface area contributed by atoms with Crippen LogP contribution in [0.15, 0.2) is 30.6 Å². The van der Waals surface area contributed by atoms with Crippen LogP contribution in [0.2, 0.25) is 5.02 Å². The van der Waals surface area contributed by atoms with Crippen LogP contribution < -0.4 is 5.32 Å². The van der Waals surface area contributed by atoms with Crippen molar-refractivity contribution < 1.29 is 9.90 Å². The third-order valence-corrected chi connectivity index (χ3v) is 2.45. The molecule has 1 amide bonds. The number of phenols is 1. The molecule has 0 saturated carbocycles. The Hall–Kier alpha value is -2.65. The first kappa shape index (κ1) is 12.8. The van der Waals surface area contributed by atoms with Gasteiger partial charge in [0.2, 0.25) is 0 Å². The van der Waals surface area contributed by atoms with Gasteiger partial charge in [0.05, 0.1) is 18.0 Å². The van der Waals surface area contributed by atoms with Gasteiger partial charge < -0.3 is 10.4 Å². The molecule has 0 bridgehead atoms. The second kappa shape index (κ2) is 5.33. The molecule has 0 atom stereocenters. The van der Waals surface area contributed by atoms with Crippen LogP contribution in [-0.4, -0.2) is 21.0 Å². The number of phenolic OH excluding ortho intramolecular Hbond substituents is 1. The van der Waals surface area contributed by atoms with Crippen LogP contribution in [0, 0.1) is 11.3 Å². The first-order valence-electron chi connectivity index (χ1n) is 5.12. The molecule has 0 spiro atoms. The summed E-state index contributed by atoms with van der Waals surface area (Å²) in [6, 6.07) is 5.94. The predicted octanol–water partition coefficient (Wildman–Crippen LogP) is 1.96. The van der Waals surface area contributed by atoms with Crippen molar-refractivity contribution in [2.45, 2.75) is 0 Å². The SMILES string of the molecule is N#Cc1cnc(NC(=O)c2cc(Cl)ccc2O)cn1. The Labute approximate surface area is 113 Å². The van der Waals surface area contributed by atoms with Gasteiger partial charge in [0.1, 0.15) is 11.8 Å². The molecule has 0 aliphatic heterocycles. The van der Waals surface area contributed by atoms with Crippen LogP contribution in [0.25, 0.3) is 0 Å². The van der Waals surface area contributed by atoms with Gasteiger partial charge in [-0.3, -0.25) is 4.79 Å². The number of aromatic nitrogens is 2. The number of hydrogen-bond donors (Lipinski definition) is 2. The number of benzene rings is 1. The molecular formula is C12H7ClN4O2. The smallest absolute Gasteiger partial charge is 0.260 e. The van der Waals surface area contributed by atoms with Crippen LogP contribution in [0.4, 0.5) is 5.82 Å². The highest BCUT2D eigenvalue weighted by Crippen LogP contribution is 2.22. The highest BCUT2D eigenvalue weighted by molar-refractivity contribution is 6.31. The van der Waals surface area contributed by atoms with E-state index >= 15 is 0 Å². The van der Waals surface area contributed by atoms with Gasteiger partial charge in [-0.15, -0.1) is 0 Å². The molecule has 19 heavy (non-hydrogen) atoms. The summed E-state index contributed by atoms with van der Waals surface area (Å²) in [4.78, 5) is 19.5. The normalized spacial score (nSPS) is 9.68. The number of nitrogens with zero attached hydrogens (tertiary/aromatic N) is 3. The minimum absolute atomic E-state index is 0.0265. The average molecular weight is 275 g/mol. The highest BCUT2D eigenvalue weighted by atomic mass is 35.5. The van der Waals surface area contributed by atoms with Gasteiger partial charge in [-0.2, -0.15) is 5.26 Å². The molecule has 6 nitrogen and oxygen atoms in total. The number of aromatic hydroxyl groups is 1. The lowest BCUT2D eigenvalue weighted by atomic mass is 10.2. The van der Waals surface area contributed by atoms with Gasteiger partial charge in [-0.05, 0) is 18.2 Å². The number of carbonyl (C=O) groups excluding carboxylic acids is 1. The first-order chi connectivity index (χ1) is 9.10. The molecule has 2 rings (SSSR count). The van der Waals surface area contributed by atoms with Gasteiger partial charge in [-0.25, -0.2) is 9.97 Å². The number of rotatable bonds is 2. The lowest BCUT2D eigenvalue weighted by molar-refractivity contribution is 0.102. The first-order valence-corrected chi connectivity index (χ1v) is 5.50. The second-order valence-corrected chi connectivity index (χ2v) is 3.95. The van der Waals surface area contributed by atoms with Gasteiger partial charge in [-0.1, -0.05) is 11.6 Å². The van der Waals surface area contributed by atoms with E-state index in [-0.39, 0.29) is 22.8 Å². The standard InChI is InChI=1S/C12H7ClN4O2/c13-7-1-2-10(18)9(3-7)12(19)17-11-6-15-8(4-14)5-16-11/h1-3,5-6,18H,(H,16,17,19). The molecule has 1 aromatic carbocycles. The van der Waals surface area contributed by atoms with Gasteiger partial charge in [0, 0.05) is 5.02 Å². The molecule has 7 heteroatoms. The highest BCUT2D eigenvalue weighted by Gasteiger charge is 2.12. The number of nitrogens with one attached hydrogen (secondary N) is 1. The fourth-order valence-electron chi connectivity index (χ4n) is 1.32. The quantitative estimate of drug-likeness (QED) is 0.872. The van der Waals surface area contributed by atoms with Crippen molar-refractivity contribution in [2.24, 2.45) is 0 Å². The van der Waals surface area contributed by atoms with E-state index in [1.165, 1.54) is 30.6 Å². The zero-order chi connectivity index (χ0) is 13.8. The number of hydrogen-bond acceptors (Lipinski definition) is 5. The van der Waals surface area contributed by atoms with E-state index in [4.69, 9.17) is 16.9 Å². The van der Waals surface area contributed by atoms with E-state index in [0.29, 0.717) is 5.02 Å². The van der Waals surface area contributed by atoms with Crippen molar-refractivity contribution in [1.82, 2.24) is 9.97 Å². The van der Waals surface area contributed by atoms with Gasteiger partial charge in [0.15, 0.2) is 11.5 Å². The Morgan fingerprint density at radius 1 is 1.37 bits per heavy atom. The Morgan fingerprint density at radius 2 is 2.16 bits per heavy atom. The number of halogens is 1. The molecule has 0 saturated heterocycles. The fourth-order valence-corrected chi connectivity index (χ4v) is 1.50. The summed E-state index contributed by atoms with van der Waals surface area (Å²) in [5.74, 6) is -0.592. The Bertz CT molecular complexity index is 664. The molecular weight excluding hydrogens is 268 g/mol. The Kier molecular flexibility index (Phi) is 3.59. The van der Waals surface area contributed by atoms with E-state index in [9.17, 15) is 9.90 Å². The third kappa shape index (κ3) is 2.97. The Balaban J connectivity index is 2.21. The third-order valence-electron chi connectivity index (χ3n) is 2.21. The molecule has 2 N–H and O–H groups in total. The van der Waals surface area contributed by atoms with Crippen molar-refractivity contribution in [2.75, 3.05) is 5.32 Å². The van der Waals surface area contributed by atoms with Crippen molar-refractivity contribution in [1.29, 1.82) is 5.26 Å². The van der Waals surface area contributed by atoms with E-state index in [0.717, 1.165) is 0 Å². The summed E-state index contributed by atoms with van der Waals surface area (Å²) in [6.07, 6.45) is 2.48. The molecule has 0 aliphatic carbocycles. The Morgan fingerprint density at radius 3 is 2.79 bits per heavy atom. The zero-order valence-corrected chi connectivity index (χ0v) is 10.2.